The lowest BCUT2D eigenvalue weighted by Gasteiger charge is -2.26. The van der Waals surface area contributed by atoms with Crippen molar-refractivity contribution in [2.45, 2.75) is 19.9 Å². The average Bonchev–Trinajstić information content (AvgIpc) is 2.52. The van der Waals surface area contributed by atoms with Gasteiger partial charge in [-0.1, -0.05) is 6.92 Å². The third-order valence-corrected chi connectivity index (χ3v) is 3.28. The van der Waals surface area contributed by atoms with Crippen LogP contribution >= 0.6 is 0 Å². The van der Waals surface area contributed by atoms with E-state index >= 15 is 0 Å². The van der Waals surface area contributed by atoms with Crippen molar-refractivity contribution in [1.82, 2.24) is 20.2 Å². The Kier molecular flexibility index (Phi) is 6.70. The number of hydrogen-bond donors (Lipinski definition) is 2. The maximum Gasteiger partial charge on any atom is 0.222 e. The van der Waals surface area contributed by atoms with Crippen LogP contribution in [0.3, 0.4) is 0 Å². The predicted octanol–water partition coefficient (Wildman–Crippen LogP) is 0.720. The van der Waals surface area contributed by atoms with Gasteiger partial charge in [0.25, 0.3) is 0 Å². The second-order valence-corrected chi connectivity index (χ2v) is 4.97. The standard InChI is InChI=1S/C14H25N5O/c1-2-3-16-14-17-11-13(12-18-14)10-15-4-5-19-6-8-20-9-7-19/h11-12,15H,2-10H2,1H3,(H,16,17,18). The molecule has 0 bridgehead atoms. The third-order valence-electron chi connectivity index (χ3n) is 3.28. The van der Waals surface area contributed by atoms with Crippen LogP contribution in [-0.4, -0.2) is 60.8 Å². The van der Waals surface area contributed by atoms with Crippen molar-refractivity contribution in [2.24, 2.45) is 0 Å². The Morgan fingerprint density at radius 2 is 1.95 bits per heavy atom. The third kappa shape index (κ3) is 5.40. The molecule has 0 spiro atoms. The van der Waals surface area contributed by atoms with Gasteiger partial charge in [0.2, 0.25) is 5.95 Å². The summed E-state index contributed by atoms with van der Waals surface area (Å²) in [5.41, 5.74) is 1.12. The van der Waals surface area contributed by atoms with E-state index in [-0.39, 0.29) is 0 Å². The maximum absolute atomic E-state index is 5.33. The Labute approximate surface area is 120 Å². The number of ether oxygens (including phenoxy) is 1. The highest BCUT2D eigenvalue weighted by Gasteiger charge is 2.08. The molecule has 1 aromatic rings. The zero-order valence-electron chi connectivity index (χ0n) is 12.3. The maximum atomic E-state index is 5.33. The number of hydrogen-bond acceptors (Lipinski definition) is 6. The molecule has 6 nitrogen and oxygen atoms in total. The van der Waals surface area contributed by atoms with Crippen molar-refractivity contribution in [2.75, 3.05) is 51.3 Å². The summed E-state index contributed by atoms with van der Waals surface area (Å²) in [5, 5.41) is 6.60. The molecule has 2 rings (SSSR count). The zero-order chi connectivity index (χ0) is 14.0. The summed E-state index contributed by atoms with van der Waals surface area (Å²) in [5.74, 6) is 0.712. The first-order valence-electron chi connectivity index (χ1n) is 7.44. The number of nitrogens with zero attached hydrogens (tertiary/aromatic N) is 3. The van der Waals surface area contributed by atoms with Gasteiger partial charge in [-0.25, -0.2) is 9.97 Å². The average molecular weight is 279 g/mol. The van der Waals surface area contributed by atoms with Crippen LogP contribution in [0.4, 0.5) is 5.95 Å². The van der Waals surface area contributed by atoms with Crippen LogP contribution in [0.5, 0.6) is 0 Å². The molecule has 2 heterocycles. The minimum atomic E-state index is 0.712. The molecule has 6 heteroatoms. The summed E-state index contributed by atoms with van der Waals surface area (Å²) in [6.45, 7) is 9.72. The molecular formula is C14H25N5O. The summed E-state index contributed by atoms with van der Waals surface area (Å²) in [7, 11) is 0. The van der Waals surface area contributed by atoms with E-state index in [1.54, 1.807) is 0 Å². The largest absolute Gasteiger partial charge is 0.379 e. The Balaban J connectivity index is 1.61. The number of rotatable bonds is 8. The summed E-state index contributed by atoms with van der Waals surface area (Å²) < 4.78 is 5.33. The van der Waals surface area contributed by atoms with Crippen molar-refractivity contribution in [1.29, 1.82) is 0 Å². The lowest BCUT2D eigenvalue weighted by Crippen LogP contribution is -2.40. The quantitative estimate of drug-likeness (QED) is 0.684. The van der Waals surface area contributed by atoms with Gasteiger partial charge in [-0.3, -0.25) is 4.90 Å². The van der Waals surface area contributed by atoms with Crippen molar-refractivity contribution >= 4 is 5.95 Å². The molecule has 1 aromatic heterocycles. The molecule has 0 saturated carbocycles. The second kappa shape index (κ2) is 8.84. The molecule has 1 saturated heterocycles. The first kappa shape index (κ1) is 15.2. The summed E-state index contributed by atoms with van der Waals surface area (Å²) in [4.78, 5) is 11.0. The molecule has 0 aromatic carbocycles. The van der Waals surface area contributed by atoms with Gasteiger partial charge < -0.3 is 15.4 Å². The van der Waals surface area contributed by atoms with Crippen LogP contribution in [0.15, 0.2) is 12.4 Å². The highest BCUT2D eigenvalue weighted by molar-refractivity contribution is 5.24. The topological polar surface area (TPSA) is 62.3 Å². The fourth-order valence-corrected chi connectivity index (χ4v) is 2.07. The molecule has 0 radical (unpaired) electrons. The van der Waals surface area contributed by atoms with E-state index in [0.717, 1.165) is 64.5 Å². The van der Waals surface area contributed by atoms with E-state index < -0.39 is 0 Å². The number of morpholine rings is 1. The molecule has 112 valence electrons. The monoisotopic (exact) mass is 279 g/mol. The van der Waals surface area contributed by atoms with E-state index in [1.165, 1.54) is 0 Å². The van der Waals surface area contributed by atoms with E-state index in [1.807, 2.05) is 12.4 Å². The van der Waals surface area contributed by atoms with Crippen molar-refractivity contribution in [3.63, 3.8) is 0 Å². The van der Waals surface area contributed by atoms with Crippen molar-refractivity contribution < 1.29 is 4.74 Å². The number of nitrogens with one attached hydrogen (secondary N) is 2. The SMILES string of the molecule is CCCNc1ncc(CNCCN2CCOCC2)cn1. The summed E-state index contributed by atoms with van der Waals surface area (Å²) >= 11 is 0. The Hall–Kier alpha value is -1.24. The minimum absolute atomic E-state index is 0.712. The summed E-state index contributed by atoms with van der Waals surface area (Å²) in [6.07, 6.45) is 4.84. The van der Waals surface area contributed by atoms with Gasteiger partial charge >= 0.3 is 0 Å². The van der Waals surface area contributed by atoms with E-state index in [0.29, 0.717) is 5.95 Å². The van der Waals surface area contributed by atoms with Crippen LogP contribution in [-0.2, 0) is 11.3 Å². The summed E-state index contributed by atoms with van der Waals surface area (Å²) in [6, 6.07) is 0. The van der Waals surface area contributed by atoms with Gasteiger partial charge in [0.05, 0.1) is 13.2 Å². The molecule has 1 fully saturated rings. The molecule has 0 aliphatic carbocycles. The lowest BCUT2D eigenvalue weighted by atomic mass is 10.3. The number of aromatic nitrogens is 2. The Bertz CT molecular complexity index is 364. The lowest BCUT2D eigenvalue weighted by molar-refractivity contribution is 0.0384. The molecule has 0 amide bonds. The number of anilines is 1. The fraction of sp³-hybridized carbons (Fsp3) is 0.714. The predicted molar refractivity (Wildman–Crippen MR) is 79.8 cm³/mol. The Morgan fingerprint density at radius 1 is 1.20 bits per heavy atom. The van der Waals surface area contributed by atoms with Gasteiger partial charge in [-0.2, -0.15) is 0 Å². The van der Waals surface area contributed by atoms with Gasteiger partial charge in [-0.05, 0) is 6.42 Å². The van der Waals surface area contributed by atoms with Crippen molar-refractivity contribution in [3.05, 3.63) is 18.0 Å². The smallest absolute Gasteiger partial charge is 0.222 e. The molecule has 2 N–H and O–H groups in total. The Morgan fingerprint density at radius 3 is 2.65 bits per heavy atom. The highest BCUT2D eigenvalue weighted by Crippen LogP contribution is 2.00. The molecule has 0 atom stereocenters. The molecule has 0 unspecified atom stereocenters. The van der Waals surface area contributed by atoms with E-state index in [4.69, 9.17) is 4.74 Å². The first-order chi connectivity index (χ1) is 9.88. The van der Waals surface area contributed by atoms with Gasteiger partial charge in [0.1, 0.15) is 0 Å². The molecule has 20 heavy (non-hydrogen) atoms. The molecule has 1 aliphatic heterocycles. The van der Waals surface area contributed by atoms with Gasteiger partial charge in [0.15, 0.2) is 0 Å². The first-order valence-corrected chi connectivity index (χ1v) is 7.44. The van der Waals surface area contributed by atoms with Gasteiger partial charge in [0, 0.05) is 57.2 Å². The minimum Gasteiger partial charge on any atom is -0.379 e. The fourth-order valence-electron chi connectivity index (χ4n) is 2.07. The normalized spacial score (nSPS) is 16.2. The molecule has 1 aliphatic rings. The second-order valence-electron chi connectivity index (χ2n) is 4.97. The van der Waals surface area contributed by atoms with Crippen LogP contribution in [0.25, 0.3) is 0 Å². The van der Waals surface area contributed by atoms with E-state index in [2.05, 4.69) is 32.4 Å². The van der Waals surface area contributed by atoms with E-state index in [9.17, 15) is 0 Å². The zero-order valence-corrected chi connectivity index (χ0v) is 12.3. The van der Waals surface area contributed by atoms with Crippen LogP contribution < -0.4 is 10.6 Å². The molecular weight excluding hydrogens is 254 g/mol. The highest BCUT2D eigenvalue weighted by atomic mass is 16.5. The van der Waals surface area contributed by atoms with Gasteiger partial charge in [-0.15, -0.1) is 0 Å². The van der Waals surface area contributed by atoms with Crippen LogP contribution in [0.1, 0.15) is 18.9 Å². The van der Waals surface area contributed by atoms with Crippen LogP contribution in [0.2, 0.25) is 0 Å². The van der Waals surface area contributed by atoms with Crippen molar-refractivity contribution in [3.8, 4) is 0 Å². The van der Waals surface area contributed by atoms with Crippen LogP contribution in [0, 0.1) is 0 Å².